The second kappa shape index (κ2) is 9.38. The fraction of sp³-hybridized carbons (Fsp3) is 0.480. The third kappa shape index (κ3) is 4.51. The minimum absolute atomic E-state index is 0.00646. The molecule has 0 amide bonds. The van der Waals surface area contributed by atoms with Crippen molar-refractivity contribution in [2.45, 2.75) is 77.9 Å². The number of benzene rings is 1. The van der Waals surface area contributed by atoms with Crippen molar-refractivity contribution in [1.29, 1.82) is 5.26 Å². The summed E-state index contributed by atoms with van der Waals surface area (Å²) in [7, 11) is 0. The van der Waals surface area contributed by atoms with E-state index in [0.29, 0.717) is 11.7 Å². The van der Waals surface area contributed by atoms with E-state index in [1.165, 1.54) is 11.5 Å². The molecule has 0 bridgehead atoms. The highest BCUT2D eigenvalue weighted by Gasteiger charge is 2.31. The van der Waals surface area contributed by atoms with Gasteiger partial charge in [-0.3, -0.25) is 14.2 Å². The van der Waals surface area contributed by atoms with Crippen LogP contribution in [0, 0.1) is 18.3 Å². The number of nitriles is 1. The summed E-state index contributed by atoms with van der Waals surface area (Å²) >= 11 is 0. The molecule has 1 fully saturated rings. The van der Waals surface area contributed by atoms with E-state index < -0.39 is 17.4 Å². The standard InChI is InChI=1S/C25H30N2O4/c1-15(2)18-10-12-20(13-11-18)31-17(4)23(28)22-16(3)21(14-26)24(29)27(25(22)30)19-8-6-5-7-9-19/h10-13,15,17,19,30H,5-9H2,1-4H3. The average Bonchev–Trinajstić information content (AvgIpc) is 2.75. The molecule has 6 heteroatoms. The van der Waals surface area contributed by atoms with Crippen LogP contribution in [0.3, 0.4) is 0 Å². The van der Waals surface area contributed by atoms with Gasteiger partial charge in [0.25, 0.3) is 5.56 Å². The summed E-state index contributed by atoms with van der Waals surface area (Å²) in [5.74, 6) is 0.120. The monoisotopic (exact) mass is 422 g/mol. The molecule has 6 nitrogen and oxygen atoms in total. The lowest BCUT2D eigenvalue weighted by molar-refractivity contribution is 0.0812. The molecule has 1 unspecified atom stereocenters. The number of aromatic hydroxyl groups is 1. The van der Waals surface area contributed by atoms with Crippen LogP contribution in [0.15, 0.2) is 29.1 Å². The van der Waals surface area contributed by atoms with Crippen molar-refractivity contribution in [2.24, 2.45) is 0 Å². The Hall–Kier alpha value is -3.07. The number of nitrogens with zero attached hydrogens (tertiary/aromatic N) is 2. The molecule has 0 saturated heterocycles. The minimum Gasteiger partial charge on any atom is -0.494 e. The van der Waals surface area contributed by atoms with Gasteiger partial charge in [-0.1, -0.05) is 45.2 Å². The van der Waals surface area contributed by atoms with Crippen molar-refractivity contribution in [3.8, 4) is 17.7 Å². The molecule has 1 saturated carbocycles. The van der Waals surface area contributed by atoms with Crippen LogP contribution in [0.1, 0.15) is 91.9 Å². The Morgan fingerprint density at radius 2 is 1.77 bits per heavy atom. The lowest BCUT2D eigenvalue weighted by Crippen LogP contribution is -2.33. The summed E-state index contributed by atoms with van der Waals surface area (Å²) in [5, 5.41) is 20.6. The smallest absolute Gasteiger partial charge is 0.271 e. The Morgan fingerprint density at radius 1 is 1.16 bits per heavy atom. The van der Waals surface area contributed by atoms with Crippen LogP contribution in [-0.2, 0) is 0 Å². The SMILES string of the molecule is Cc1c(C(=O)C(C)Oc2ccc(C(C)C)cc2)c(O)n(C2CCCCC2)c(=O)c1C#N. The topological polar surface area (TPSA) is 92.3 Å². The molecule has 0 spiro atoms. The third-order valence-electron chi connectivity index (χ3n) is 6.16. The van der Waals surface area contributed by atoms with Gasteiger partial charge in [0.2, 0.25) is 11.7 Å². The lowest BCUT2D eigenvalue weighted by atomic mass is 9.93. The maximum atomic E-state index is 13.3. The van der Waals surface area contributed by atoms with Gasteiger partial charge in [0.1, 0.15) is 17.4 Å². The zero-order valence-corrected chi connectivity index (χ0v) is 18.6. The first kappa shape index (κ1) is 22.6. The fourth-order valence-electron chi connectivity index (χ4n) is 4.29. The summed E-state index contributed by atoms with van der Waals surface area (Å²) in [4.78, 5) is 26.2. The molecule has 31 heavy (non-hydrogen) atoms. The molecule has 0 radical (unpaired) electrons. The summed E-state index contributed by atoms with van der Waals surface area (Å²) in [6.45, 7) is 7.34. The number of pyridine rings is 1. The summed E-state index contributed by atoms with van der Waals surface area (Å²) in [6, 6.07) is 9.27. The summed E-state index contributed by atoms with van der Waals surface area (Å²) < 4.78 is 7.09. The Labute approximate surface area is 183 Å². The zero-order chi connectivity index (χ0) is 22.7. The van der Waals surface area contributed by atoms with Crippen LogP contribution >= 0.6 is 0 Å². The third-order valence-corrected chi connectivity index (χ3v) is 6.16. The second-order valence-corrected chi connectivity index (χ2v) is 8.63. The van der Waals surface area contributed by atoms with Crippen molar-refractivity contribution < 1.29 is 14.6 Å². The molecule has 1 aliphatic rings. The van der Waals surface area contributed by atoms with Gasteiger partial charge in [-0.05, 0) is 55.9 Å². The predicted molar refractivity (Wildman–Crippen MR) is 119 cm³/mol. The van der Waals surface area contributed by atoms with Crippen LogP contribution in [0.25, 0.3) is 0 Å². The van der Waals surface area contributed by atoms with Crippen LogP contribution in [0.5, 0.6) is 11.6 Å². The molecule has 1 aromatic heterocycles. The van der Waals surface area contributed by atoms with Crippen LogP contribution in [0.2, 0.25) is 0 Å². The molecule has 1 aromatic carbocycles. The average molecular weight is 423 g/mol. The van der Waals surface area contributed by atoms with Crippen molar-refractivity contribution in [3.05, 3.63) is 56.9 Å². The minimum atomic E-state index is -0.890. The van der Waals surface area contributed by atoms with Crippen LogP contribution < -0.4 is 10.3 Å². The van der Waals surface area contributed by atoms with Crippen molar-refractivity contribution in [2.75, 3.05) is 0 Å². The highest BCUT2D eigenvalue weighted by Crippen LogP contribution is 2.33. The predicted octanol–water partition coefficient (Wildman–Crippen LogP) is 5.01. The van der Waals surface area contributed by atoms with Gasteiger partial charge in [-0.15, -0.1) is 0 Å². The number of carbonyl (C=O) groups is 1. The quantitative estimate of drug-likeness (QED) is 0.661. The highest BCUT2D eigenvalue weighted by atomic mass is 16.5. The number of rotatable bonds is 6. The summed E-state index contributed by atoms with van der Waals surface area (Å²) in [5.41, 5.74) is 0.734. The molecule has 164 valence electrons. The van der Waals surface area contributed by atoms with E-state index in [4.69, 9.17) is 4.74 Å². The first-order chi connectivity index (χ1) is 14.8. The van der Waals surface area contributed by atoms with Gasteiger partial charge >= 0.3 is 0 Å². The molecule has 1 aliphatic carbocycles. The van der Waals surface area contributed by atoms with Crippen molar-refractivity contribution in [3.63, 3.8) is 0 Å². The molecular weight excluding hydrogens is 392 g/mol. The van der Waals surface area contributed by atoms with Gasteiger partial charge < -0.3 is 9.84 Å². The number of ketones is 1. The molecule has 0 aliphatic heterocycles. The van der Waals surface area contributed by atoms with Crippen molar-refractivity contribution >= 4 is 5.78 Å². The second-order valence-electron chi connectivity index (χ2n) is 8.63. The van der Waals surface area contributed by atoms with E-state index in [0.717, 1.165) is 37.7 Å². The largest absolute Gasteiger partial charge is 0.494 e. The Morgan fingerprint density at radius 3 is 2.32 bits per heavy atom. The molecule has 2 aromatic rings. The zero-order valence-electron chi connectivity index (χ0n) is 18.6. The van der Waals surface area contributed by atoms with Crippen LogP contribution in [0.4, 0.5) is 0 Å². The van der Waals surface area contributed by atoms with E-state index in [-0.39, 0.29) is 28.6 Å². The fourth-order valence-corrected chi connectivity index (χ4v) is 4.29. The Kier molecular flexibility index (Phi) is 6.84. The molecular formula is C25H30N2O4. The van der Waals surface area contributed by atoms with Gasteiger partial charge in [0, 0.05) is 6.04 Å². The number of carbonyl (C=O) groups excluding carboxylic acids is 1. The number of Topliss-reactive ketones (excluding diaryl/α,β-unsaturated/α-hetero) is 1. The first-order valence-corrected chi connectivity index (χ1v) is 10.9. The highest BCUT2D eigenvalue weighted by molar-refractivity contribution is 6.03. The maximum absolute atomic E-state index is 13.3. The van der Waals surface area contributed by atoms with Gasteiger partial charge in [-0.2, -0.15) is 5.26 Å². The summed E-state index contributed by atoms with van der Waals surface area (Å²) in [6.07, 6.45) is 3.56. The molecule has 1 heterocycles. The van der Waals surface area contributed by atoms with E-state index in [9.17, 15) is 20.0 Å². The van der Waals surface area contributed by atoms with Gasteiger partial charge in [-0.25, -0.2) is 0 Å². The Balaban J connectivity index is 1.97. The molecule has 1 N–H and O–H groups in total. The normalized spacial score (nSPS) is 15.5. The van der Waals surface area contributed by atoms with E-state index >= 15 is 0 Å². The molecule has 1 atom stereocenters. The molecule has 3 rings (SSSR count). The van der Waals surface area contributed by atoms with Gasteiger partial charge in [0.15, 0.2) is 6.10 Å². The van der Waals surface area contributed by atoms with E-state index in [1.54, 1.807) is 6.92 Å². The van der Waals surface area contributed by atoms with E-state index in [1.807, 2.05) is 30.3 Å². The lowest BCUT2D eigenvalue weighted by Gasteiger charge is -2.27. The Bertz CT molecular complexity index is 1050. The number of aromatic nitrogens is 1. The first-order valence-electron chi connectivity index (χ1n) is 10.9. The number of ether oxygens (including phenoxy) is 1. The maximum Gasteiger partial charge on any atom is 0.271 e. The van der Waals surface area contributed by atoms with Crippen molar-refractivity contribution in [1.82, 2.24) is 4.57 Å². The van der Waals surface area contributed by atoms with Gasteiger partial charge in [0.05, 0.1) is 5.56 Å². The van der Waals surface area contributed by atoms with E-state index in [2.05, 4.69) is 13.8 Å². The number of hydrogen-bond donors (Lipinski definition) is 1. The van der Waals surface area contributed by atoms with Crippen LogP contribution in [-0.4, -0.2) is 21.6 Å². The number of hydrogen-bond acceptors (Lipinski definition) is 5.